The number of carbonyl (C=O) groups is 2. The van der Waals surface area contributed by atoms with Crippen molar-refractivity contribution >= 4 is 83.7 Å². The van der Waals surface area contributed by atoms with Gasteiger partial charge in [-0.1, -0.05) is 66.7 Å². The van der Waals surface area contributed by atoms with Gasteiger partial charge < -0.3 is 76.0 Å². The molecule has 35 heteroatoms. The molecule has 14 N–H and O–H groups in total. The third kappa shape index (κ3) is 25.0. The average Bonchev–Trinajstić information content (AvgIpc) is 1.58. The Labute approximate surface area is 672 Å². The van der Waals surface area contributed by atoms with Crippen LogP contribution < -0.4 is 38.1 Å². The summed E-state index contributed by atoms with van der Waals surface area (Å²) in [6.07, 6.45) is 18.3. The van der Waals surface area contributed by atoms with Crippen LogP contribution in [0.1, 0.15) is 59.8 Å². The number of nitrogens with zero attached hydrogens (tertiary/aromatic N) is 10. The molecule has 19 rings (SSSR count). The van der Waals surface area contributed by atoms with Crippen molar-refractivity contribution in [2.24, 2.45) is 5.73 Å². The van der Waals surface area contributed by atoms with E-state index in [4.69, 9.17) is 25.5 Å². The fraction of sp³-hybridized carbons (Fsp3) is 0.116. The van der Waals surface area contributed by atoms with E-state index in [0.29, 0.717) is 56.9 Å². The summed E-state index contributed by atoms with van der Waals surface area (Å²) in [5.41, 5.74) is 12.4. The number of primary amides is 1. The number of aromatic hydroxyl groups is 6. The van der Waals surface area contributed by atoms with Crippen LogP contribution >= 0.6 is 0 Å². The minimum absolute atomic E-state index is 0. The van der Waals surface area contributed by atoms with Gasteiger partial charge in [-0.05, 0) is 141 Å². The van der Waals surface area contributed by atoms with Crippen LogP contribution in [0.2, 0.25) is 0 Å². The Morgan fingerprint density at radius 3 is 1.87 bits per heavy atom. The zero-order valence-corrected chi connectivity index (χ0v) is 68.1. The predicted molar refractivity (Wildman–Crippen MR) is 442 cm³/mol. The molecule has 2 amide bonds. The van der Waals surface area contributed by atoms with Crippen LogP contribution in [0.4, 0.5) is 24.5 Å². The van der Waals surface area contributed by atoms with E-state index in [-0.39, 0.29) is 78.9 Å². The number of hydrogen-bond donors (Lipinski definition) is 13. The number of aromatic amines is 4. The molecule has 0 saturated carbocycles. The van der Waals surface area contributed by atoms with Gasteiger partial charge in [0.05, 0.1) is 40.4 Å². The van der Waals surface area contributed by atoms with E-state index in [2.05, 4.69) is 82.3 Å². The van der Waals surface area contributed by atoms with Crippen LogP contribution in [0, 0.1) is 6.07 Å². The van der Waals surface area contributed by atoms with E-state index in [9.17, 15) is 62.4 Å². The Balaban J connectivity index is 0.000000168. The number of rotatable bonds is 4. The first-order valence-corrected chi connectivity index (χ1v) is 36.3. The summed E-state index contributed by atoms with van der Waals surface area (Å²) < 4.78 is 44.2. The molecule has 16 aromatic rings. The molecule has 8 aromatic carbocycles. The number of aliphatic hydroxyl groups excluding tert-OH is 1. The van der Waals surface area contributed by atoms with Crippen LogP contribution in [0.25, 0.3) is 72.0 Å². The Hall–Kier alpha value is -18.1. The van der Waals surface area contributed by atoms with E-state index in [1.807, 2.05) is 60.7 Å². The number of halogens is 3. The summed E-state index contributed by atoms with van der Waals surface area (Å²) in [5.74, 6) is 1.04. The molecule has 0 unspecified atom stereocenters. The van der Waals surface area contributed by atoms with E-state index < -0.39 is 17.6 Å². The maximum Gasteiger partial charge on any atom is 0.416 e. The predicted octanol–water partition coefficient (Wildman–Crippen LogP) is 13.5. The standard InChI is InChI=1S/C13H9NO2.C12H15NO.C10H6F3NO.C10H8O2.C8H9N3O.C8H6N2O.C7H8N2O2.C6H4N4O.C6H6N2O2.C6H5O.2No/c15-11-7-3-1-5-9(11)13-14-10-6-2-4-8-12(10)16-13;14-11-6-5-9-3-1-7-13-8-2-4-10(11)12(9)13;11-10(12,13)6-1-2-7-8(5-6)14-4-3-9(7)15;11-9-5-1-3-7-8(9)4-2-6-10(7)12;12-8-3-1-7(2-4-8)11-6-9-5-10-11;11-8-6-3-1-2-4-7(6)9-5-10-8;1-5(10)9-6-2-3-8-7(11)4-6;11-6-4-5(9-3-10-6)8-2-1-7-4;7-6(10)5-4(9)2-1-3-8-5;7-6-4-2-1-3-5-6;;/h1-8,15H;5-6,14H,1-4,7-8H2;1-5H,(H,14,15);1-6,11-12H;1,3,5-6,12H,2,4H2;1-5H,(H,9,10,11);2-4H,1H3,(H2,8,9,10,11);1-3H,(H,8,9,10,11);1-3,9H,(H2,7,10);1-4,7H;;/q;;;;;;;;;-1;;. The Kier molecular flexibility index (Phi) is 31.2. The van der Waals surface area contributed by atoms with Gasteiger partial charge in [0.15, 0.2) is 27.9 Å². The SMILES string of the molecule is CC(=O)Nc1cc[nH]c(=O)c1.NC(=O)c1ncccc1O.O=c1[nH]cnc2ccccc12.O=c1[nH]cnc2nccnc12.O=c1cc[nH]c2cc(C(F)(F)F)ccc12.OC1=CC=C(n2cncn2)CC1.Oc1[c-]cccc1.Oc1ccc2c3c1CCCN3CCC2.Oc1cccc2c(O)cccc12.Oc1ccccc1-c1nc2ccccc2o1.[No].[No]. The van der Waals surface area contributed by atoms with Crippen molar-refractivity contribution in [3.05, 3.63) is 338 Å². The number of benzene rings is 8. The number of fused-ring (bicyclic) bond motifs is 5. The van der Waals surface area contributed by atoms with Gasteiger partial charge in [-0.2, -0.15) is 36.5 Å². The van der Waals surface area contributed by atoms with Crippen LogP contribution in [-0.4, -0.2) is 125 Å². The molecule has 0 bridgehead atoms. The molecule has 2 aliphatic heterocycles. The number of allylic oxidation sites excluding steroid dienone is 4. The number of para-hydroxylation sites is 5. The number of carbonyl (C=O) groups excluding carboxylic acids is 2. The maximum atomic E-state index is 12.3. The minimum atomic E-state index is -4.39. The largest absolute Gasteiger partial charge is 0.534 e. The molecule has 8 aromatic heterocycles. The number of anilines is 2. The number of pyridine rings is 3. The van der Waals surface area contributed by atoms with Gasteiger partial charge in [-0.3, -0.25) is 28.8 Å². The summed E-state index contributed by atoms with van der Waals surface area (Å²) in [4.78, 5) is 104. The number of alkyl halides is 3. The Morgan fingerprint density at radius 2 is 1.24 bits per heavy atom. The van der Waals surface area contributed by atoms with Crippen molar-refractivity contribution in [2.45, 2.75) is 51.6 Å². The monoisotopic (exact) mass is 2130 g/mol. The number of aliphatic hydroxyl groups is 1. The van der Waals surface area contributed by atoms with Crippen molar-refractivity contribution in [1.82, 2.24) is 64.6 Å². The zero-order valence-electron chi connectivity index (χ0n) is 63.7. The zero-order chi connectivity index (χ0) is 84.8. The first-order valence-electron chi connectivity index (χ1n) is 36.3. The summed E-state index contributed by atoms with van der Waals surface area (Å²) in [7, 11) is 0. The van der Waals surface area contributed by atoms with Gasteiger partial charge in [-0.25, -0.2) is 39.6 Å². The molecule has 0 saturated heterocycles. The number of hydrogen-bond acceptors (Lipinski definition) is 23. The molecule has 0 atom stereocenters. The number of nitrogens with one attached hydrogen (secondary N) is 5. The second-order valence-corrected chi connectivity index (χ2v) is 25.5. The number of phenolic OH excluding ortho intramolecular Hbond substituents is 5. The summed E-state index contributed by atoms with van der Waals surface area (Å²) >= 11 is 0. The number of H-pyrrole nitrogens is 4. The molecule has 0 radical (unpaired) electrons. The molecule has 30 nitrogen and oxygen atoms in total. The Morgan fingerprint density at radius 1 is 0.579 bits per heavy atom. The fourth-order valence-corrected chi connectivity index (χ4v) is 11.7. The second kappa shape index (κ2) is 42.7. The van der Waals surface area contributed by atoms with Crippen LogP contribution in [0.3, 0.4) is 0 Å². The number of oxazole rings is 1. The summed E-state index contributed by atoms with van der Waals surface area (Å²) in [6.45, 7) is 3.73. The number of nitrogens with two attached hydrogens (primary N) is 1. The van der Waals surface area contributed by atoms with Crippen LogP contribution in [-0.2, 0) is 23.8 Å². The molecule has 634 valence electrons. The fourth-order valence-electron chi connectivity index (χ4n) is 11.7. The van der Waals surface area contributed by atoms with E-state index in [0.717, 1.165) is 47.3 Å². The topological polar surface area (TPSA) is 470 Å². The van der Waals surface area contributed by atoms with Crippen molar-refractivity contribution in [2.75, 3.05) is 23.3 Å². The normalized spacial score (nSPS) is 11.8. The van der Waals surface area contributed by atoms with E-state index in [1.54, 1.807) is 108 Å². The van der Waals surface area contributed by atoms with Gasteiger partial charge in [0, 0.05) is 120 Å². The number of amides is 2. The van der Waals surface area contributed by atoms with Crippen LogP contribution in [0.15, 0.2) is 292 Å². The van der Waals surface area contributed by atoms with Crippen molar-refractivity contribution in [3.63, 3.8) is 0 Å². The quantitative estimate of drug-likeness (QED) is 0.0728. The summed E-state index contributed by atoms with van der Waals surface area (Å²) in [6, 6.07) is 55.3. The third-order valence-corrected chi connectivity index (χ3v) is 17.2. The van der Waals surface area contributed by atoms with Crippen molar-refractivity contribution < 1.29 is 62.9 Å². The molecule has 3 aliphatic rings. The molecule has 1 aliphatic carbocycles. The molecular formula is C86H76F3N16No2O14-. The smallest absolute Gasteiger partial charge is 0.416 e. The first kappa shape index (κ1) is 88.5. The average molecular weight is 2130 g/mol. The molecule has 0 fully saturated rings. The third-order valence-electron chi connectivity index (χ3n) is 17.2. The maximum absolute atomic E-state index is 12.3. The first-order chi connectivity index (χ1) is 57.4. The number of phenols is 5. The van der Waals surface area contributed by atoms with Crippen LogP contribution in [0.5, 0.6) is 34.5 Å². The van der Waals surface area contributed by atoms with Gasteiger partial charge in [0.2, 0.25) is 17.4 Å². The van der Waals surface area contributed by atoms with Gasteiger partial charge in [-0.15, -0.1) is 12.1 Å². The van der Waals surface area contributed by atoms with Crippen molar-refractivity contribution in [3.8, 4) is 46.0 Å². The molecule has 0 spiro atoms. The minimum Gasteiger partial charge on any atom is -0.534 e. The van der Waals surface area contributed by atoms with Gasteiger partial charge in [0.1, 0.15) is 46.9 Å². The molecular weight excluding hydrogens is 2060 g/mol. The van der Waals surface area contributed by atoms with E-state index >= 15 is 0 Å². The molecule has 121 heavy (non-hydrogen) atoms. The van der Waals surface area contributed by atoms with Crippen molar-refractivity contribution in [1.29, 1.82) is 0 Å². The van der Waals surface area contributed by atoms with Gasteiger partial charge >= 0.3 is 6.18 Å². The number of aromatic nitrogens is 13. The molecule has 10 heterocycles. The second-order valence-electron chi connectivity index (χ2n) is 25.5. The van der Waals surface area contributed by atoms with Gasteiger partial charge in [0.25, 0.3) is 17.0 Å². The summed E-state index contributed by atoms with van der Waals surface area (Å²) in [5, 5.41) is 73.6. The van der Waals surface area contributed by atoms with E-state index in [1.165, 1.54) is 136 Å². The Bertz CT molecular complexity index is 6280. The number of aryl methyl sites for hydroxylation is 1.